The summed E-state index contributed by atoms with van der Waals surface area (Å²) in [6, 6.07) is 0. The van der Waals surface area contributed by atoms with Crippen LogP contribution in [0.5, 0.6) is 0 Å². The highest BCUT2D eigenvalue weighted by Crippen LogP contribution is 2.47. The van der Waals surface area contributed by atoms with Crippen LogP contribution in [0.25, 0.3) is 0 Å². The van der Waals surface area contributed by atoms with E-state index in [0.717, 1.165) is 13.8 Å². The SMILES string of the molecule is CC(=O)OC(C)(CC(C(=O)OC(C(F)(F)F)C(F)(F)F)C(C)C(OO)C(C(F)(F)F)C(F)(F)F)C1OCCOC1C. The van der Waals surface area contributed by atoms with Crippen LogP contribution >= 0.6 is 0 Å². The predicted molar refractivity (Wildman–Crippen MR) is 108 cm³/mol. The zero-order valence-corrected chi connectivity index (χ0v) is 21.5. The van der Waals surface area contributed by atoms with Crippen LogP contribution in [0.15, 0.2) is 0 Å². The van der Waals surface area contributed by atoms with E-state index in [2.05, 4.69) is 9.62 Å². The van der Waals surface area contributed by atoms with Crippen LogP contribution in [-0.4, -0.2) is 85.1 Å². The maximum atomic E-state index is 13.4. The fourth-order valence-corrected chi connectivity index (χ4v) is 4.54. The summed E-state index contributed by atoms with van der Waals surface area (Å²) in [4.78, 5) is 28.1. The molecule has 41 heavy (non-hydrogen) atoms. The van der Waals surface area contributed by atoms with Gasteiger partial charge in [0.2, 0.25) is 0 Å². The number of alkyl halides is 12. The summed E-state index contributed by atoms with van der Waals surface area (Å²) >= 11 is 0. The van der Waals surface area contributed by atoms with Crippen LogP contribution in [0, 0.1) is 17.8 Å². The summed E-state index contributed by atoms with van der Waals surface area (Å²) in [6.07, 6.45) is -37.4. The first kappa shape index (κ1) is 37.0. The Balaban J connectivity index is 3.77. The predicted octanol–water partition coefficient (Wildman–Crippen LogP) is 5.39. The van der Waals surface area contributed by atoms with Crippen molar-refractivity contribution in [1.29, 1.82) is 0 Å². The van der Waals surface area contributed by atoms with Crippen molar-refractivity contribution in [2.75, 3.05) is 13.2 Å². The molecule has 0 bridgehead atoms. The molecule has 8 nitrogen and oxygen atoms in total. The van der Waals surface area contributed by atoms with Crippen molar-refractivity contribution in [3.05, 3.63) is 0 Å². The van der Waals surface area contributed by atoms with Gasteiger partial charge in [0.05, 0.1) is 25.2 Å². The molecule has 0 spiro atoms. The third-order valence-electron chi connectivity index (χ3n) is 6.23. The smallest absolute Gasteiger partial charge is 0.434 e. The van der Waals surface area contributed by atoms with Crippen LogP contribution in [0.1, 0.15) is 34.1 Å². The molecule has 1 saturated heterocycles. The van der Waals surface area contributed by atoms with Gasteiger partial charge in [0.1, 0.15) is 17.8 Å². The topological polar surface area (TPSA) is 101 Å². The standard InChI is InChI=1S/C21H26F12O8/c1-8(12(41-36)13(18(22,23)24)19(25,26)27)11(15(35)39-16(20(28,29)30)21(31,32)33)7-17(4,40-10(3)34)14-9(2)37-5-6-38-14/h8-9,11-14,16,36H,5-7H2,1-4H3. The van der Waals surface area contributed by atoms with Gasteiger partial charge in [0.15, 0.2) is 5.92 Å². The molecule has 0 aromatic rings. The Kier molecular flexibility index (Phi) is 11.8. The highest BCUT2D eigenvalue weighted by Gasteiger charge is 2.65. The zero-order valence-electron chi connectivity index (χ0n) is 21.5. The number of hydrogen-bond donors (Lipinski definition) is 1. The average Bonchev–Trinajstić information content (AvgIpc) is 2.75. The number of halogens is 12. The molecule has 0 amide bonds. The van der Waals surface area contributed by atoms with Gasteiger partial charge in [-0.15, -0.1) is 0 Å². The molecule has 1 fully saturated rings. The summed E-state index contributed by atoms with van der Waals surface area (Å²) in [5.41, 5.74) is -2.33. The fourth-order valence-electron chi connectivity index (χ4n) is 4.54. The van der Waals surface area contributed by atoms with E-state index in [-0.39, 0.29) is 13.2 Å². The van der Waals surface area contributed by atoms with Gasteiger partial charge in [-0.05, 0) is 19.8 Å². The van der Waals surface area contributed by atoms with Gasteiger partial charge in [-0.1, -0.05) is 6.92 Å². The first-order valence-electron chi connectivity index (χ1n) is 11.5. The van der Waals surface area contributed by atoms with E-state index in [1.807, 2.05) is 0 Å². The molecule has 0 aromatic carbocycles. The Bertz CT molecular complexity index is 860. The van der Waals surface area contributed by atoms with Crippen LogP contribution in [0.4, 0.5) is 52.7 Å². The monoisotopic (exact) mass is 634 g/mol. The van der Waals surface area contributed by atoms with Gasteiger partial charge >= 0.3 is 36.6 Å². The maximum absolute atomic E-state index is 13.4. The third-order valence-corrected chi connectivity index (χ3v) is 6.23. The molecule has 0 aromatic heterocycles. The Hall–Kier alpha value is -2.06. The van der Waals surface area contributed by atoms with Crippen molar-refractivity contribution in [2.45, 2.75) is 88.8 Å². The van der Waals surface area contributed by atoms with E-state index < -0.39 is 90.8 Å². The minimum absolute atomic E-state index is 0.0617. The number of esters is 2. The molecule has 1 aliphatic heterocycles. The lowest BCUT2D eigenvalue weighted by Crippen LogP contribution is -2.57. The van der Waals surface area contributed by atoms with Crippen LogP contribution in [0.2, 0.25) is 0 Å². The molecule has 0 aliphatic carbocycles. The van der Waals surface area contributed by atoms with Crippen molar-refractivity contribution in [3.8, 4) is 0 Å². The second-order valence-electron chi connectivity index (χ2n) is 9.47. The third kappa shape index (κ3) is 9.74. The van der Waals surface area contributed by atoms with Crippen molar-refractivity contribution in [3.63, 3.8) is 0 Å². The quantitative estimate of drug-likeness (QED) is 0.148. The summed E-state index contributed by atoms with van der Waals surface area (Å²) in [5.74, 6) is -13.9. The normalized spacial score (nSPS) is 23.1. The molecule has 1 rings (SSSR count). The van der Waals surface area contributed by atoms with Gasteiger partial charge in [0.25, 0.3) is 6.10 Å². The Morgan fingerprint density at radius 1 is 0.878 bits per heavy atom. The van der Waals surface area contributed by atoms with Crippen LogP contribution < -0.4 is 0 Å². The summed E-state index contributed by atoms with van der Waals surface area (Å²) < 4.78 is 178. The van der Waals surface area contributed by atoms with Crippen LogP contribution in [0.3, 0.4) is 0 Å². The number of carbonyl (C=O) groups excluding carboxylic acids is 2. The van der Waals surface area contributed by atoms with E-state index in [1.54, 1.807) is 0 Å². The van der Waals surface area contributed by atoms with Gasteiger partial charge in [-0.3, -0.25) is 14.8 Å². The minimum atomic E-state index is -6.32. The molecule has 242 valence electrons. The molecule has 0 radical (unpaired) electrons. The van der Waals surface area contributed by atoms with E-state index in [0.29, 0.717) is 6.92 Å². The Labute approximate surface area is 224 Å². The molecule has 0 saturated carbocycles. The molecule has 1 N–H and O–H groups in total. The fraction of sp³-hybridized carbons (Fsp3) is 0.905. The molecule has 1 heterocycles. The second-order valence-corrected chi connectivity index (χ2v) is 9.47. The number of carbonyl (C=O) groups is 2. The molecule has 6 atom stereocenters. The van der Waals surface area contributed by atoms with Gasteiger partial charge in [0, 0.05) is 13.3 Å². The minimum Gasteiger partial charge on any atom is -0.457 e. The number of ether oxygens (including phenoxy) is 4. The number of hydrogen-bond acceptors (Lipinski definition) is 8. The Morgan fingerprint density at radius 2 is 1.34 bits per heavy atom. The highest BCUT2D eigenvalue weighted by molar-refractivity contribution is 5.73. The molecular formula is C21H26F12O8. The summed E-state index contributed by atoms with van der Waals surface area (Å²) in [6.45, 7) is 3.00. The van der Waals surface area contributed by atoms with Crippen LogP contribution in [-0.2, 0) is 33.4 Å². The average molecular weight is 634 g/mol. The van der Waals surface area contributed by atoms with Crippen molar-refractivity contribution < 1.29 is 91.4 Å². The largest absolute Gasteiger partial charge is 0.457 e. The first-order chi connectivity index (χ1) is 18.3. The second kappa shape index (κ2) is 13.1. The molecular weight excluding hydrogens is 608 g/mol. The highest BCUT2D eigenvalue weighted by atomic mass is 19.4. The molecule has 6 unspecified atom stereocenters. The lowest BCUT2D eigenvalue weighted by atomic mass is 9.75. The number of rotatable bonds is 10. The molecule has 20 heteroatoms. The van der Waals surface area contributed by atoms with E-state index in [9.17, 15) is 62.3 Å². The lowest BCUT2D eigenvalue weighted by molar-refractivity contribution is -0.378. The summed E-state index contributed by atoms with van der Waals surface area (Å²) in [5, 5.41) is 9.06. The van der Waals surface area contributed by atoms with Crippen molar-refractivity contribution >= 4 is 11.9 Å². The van der Waals surface area contributed by atoms with E-state index in [4.69, 9.17) is 19.5 Å². The zero-order chi connectivity index (χ0) is 32.4. The van der Waals surface area contributed by atoms with E-state index >= 15 is 0 Å². The molecule has 1 aliphatic rings. The van der Waals surface area contributed by atoms with E-state index in [1.165, 1.54) is 6.92 Å². The van der Waals surface area contributed by atoms with Gasteiger partial charge in [-0.2, -0.15) is 52.7 Å². The Morgan fingerprint density at radius 3 is 1.71 bits per heavy atom. The van der Waals surface area contributed by atoms with Gasteiger partial charge < -0.3 is 18.9 Å². The lowest BCUT2D eigenvalue weighted by Gasteiger charge is -2.44. The van der Waals surface area contributed by atoms with Crippen molar-refractivity contribution in [2.24, 2.45) is 17.8 Å². The van der Waals surface area contributed by atoms with Gasteiger partial charge in [-0.25, -0.2) is 4.89 Å². The maximum Gasteiger partial charge on any atom is 0.434 e. The van der Waals surface area contributed by atoms with Crippen molar-refractivity contribution in [1.82, 2.24) is 0 Å². The summed E-state index contributed by atoms with van der Waals surface area (Å²) in [7, 11) is 0. The first-order valence-corrected chi connectivity index (χ1v) is 11.5.